The van der Waals surface area contributed by atoms with Gasteiger partial charge < -0.3 is 9.80 Å². The van der Waals surface area contributed by atoms with Crippen LogP contribution in [0, 0.1) is 0 Å². The van der Waals surface area contributed by atoms with Gasteiger partial charge in [0.15, 0.2) is 0 Å². The fraction of sp³-hybridized carbons (Fsp3) is 0.0909. The summed E-state index contributed by atoms with van der Waals surface area (Å²) in [7, 11) is 0. The number of anilines is 5. The van der Waals surface area contributed by atoms with Gasteiger partial charge in [-0.15, -0.1) is 22.7 Å². The van der Waals surface area contributed by atoms with Crippen LogP contribution in [0.5, 0.6) is 0 Å². The maximum Gasteiger partial charge on any atom is 0.0566 e. The number of aryl methyl sites for hydroxylation is 4. The molecule has 1 aliphatic carbocycles. The summed E-state index contributed by atoms with van der Waals surface area (Å²) >= 11 is 3.81. The van der Waals surface area contributed by atoms with Gasteiger partial charge in [-0.3, -0.25) is 0 Å². The summed E-state index contributed by atoms with van der Waals surface area (Å²) in [5.74, 6) is 0. The SMILES string of the molecule is C1=c2c(-c3cccc4sc5ccccc5c34)c3ccc(N4c5ccccc5CCc5ccccc54)cc3c(-c3cccc4sc5ccccc5c34)c2=CCC1N1c2ccccc2CCc2ccccc21. The van der Waals surface area contributed by atoms with E-state index in [2.05, 4.69) is 222 Å². The fourth-order valence-corrected chi connectivity index (χ4v) is 14.8. The van der Waals surface area contributed by atoms with E-state index >= 15 is 0 Å². The summed E-state index contributed by atoms with van der Waals surface area (Å²) in [6.45, 7) is 0. The molecule has 0 spiro atoms. The van der Waals surface area contributed by atoms with Crippen LogP contribution in [-0.2, 0) is 25.7 Å². The number of nitrogens with zero attached hydrogens (tertiary/aromatic N) is 2. The predicted molar refractivity (Wildman–Crippen MR) is 302 cm³/mol. The lowest BCUT2D eigenvalue weighted by atomic mass is 9.83. The highest BCUT2D eigenvalue weighted by molar-refractivity contribution is 7.26. The van der Waals surface area contributed by atoms with E-state index in [1.165, 1.54) is 134 Å². The van der Waals surface area contributed by atoms with Crippen LogP contribution in [0.4, 0.5) is 28.4 Å². The van der Waals surface area contributed by atoms with E-state index in [1.54, 1.807) is 0 Å². The van der Waals surface area contributed by atoms with Crippen LogP contribution in [0.15, 0.2) is 200 Å². The Morgan fingerprint density at radius 2 is 0.829 bits per heavy atom. The molecule has 0 amide bonds. The first kappa shape index (κ1) is 40.2. The van der Waals surface area contributed by atoms with Crippen LogP contribution >= 0.6 is 22.7 Å². The third-order valence-corrected chi connectivity index (χ3v) is 17.8. The highest BCUT2D eigenvalue weighted by Crippen LogP contribution is 2.48. The zero-order chi connectivity index (χ0) is 45.9. The molecule has 2 nitrogen and oxygen atoms in total. The summed E-state index contributed by atoms with van der Waals surface area (Å²) in [4.78, 5) is 5.23. The molecule has 0 saturated heterocycles. The van der Waals surface area contributed by atoms with Gasteiger partial charge >= 0.3 is 0 Å². The molecule has 70 heavy (non-hydrogen) atoms. The van der Waals surface area contributed by atoms with Crippen molar-refractivity contribution in [2.24, 2.45) is 0 Å². The van der Waals surface area contributed by atoms with E-state index in [-0.39, 0.29) is 6.04 Å². The van der Waals surface area contributed by atoms with E-state index in [9.17, 15) is 0 Å². The minimum Gasteiger partial charge on any atom is -0.334 e. The maximum absolute atomic E-state index is 2.68. The second kappa shape index (κ2) is 15.9. The number of hydrogen-bond donors (Lipinski definition) is 0. The summed E-state index contributed by atoms with van der Waals surface area (Å²) < 4.78 is 5.28. The Balaban J connectivity index is 1.11. The number of thiophene rings is 2. The van der Waals surface area contributed by atoms with Crippen LogP contribution in [0.2, 0.25) is 0 Å². The van der Waals surface area contributed by atoms with Crippen molar-refractivity contribution in [3.8, 4) is 22.3 Å². The lowest BCUT2D eigenvalue weighted by molar-refractivity contribution is 0.835. The van der Waals surface area contributed by atoms with E-state index < -0.39 is 0 Å². The van der Waals surface area contributed by atoms with Gasteiger partial charge in [0.05, 0.1) is 6.04 Å². The van der Waals surface area contributed by atoms with Crippen molar-refractivity contribution in [3.63, 3.8) is 0 Å². The normalized spacial score (nSPS) is 15.2. The van der Waals surface area contributed by atoms with E-state index in [1.807, 2.05) is 22.7 Å². The maximum atomic E-state index is 2.68. The Kier molecular flexibility index (Phi) is 9.12. The van der Waals surface area contributed by atoms with Crippen molar-refractivity contribution in [3.05, 3.63) is 233 Å². The van der Waals surface area contributed by atoms with Gasteiger partial charge in [0.25, 0.3) is 0 Å². The Morgan fingerprint density at radius 1 is 0.371 bits per heavy atom. The van der Waals surface area contributed by atoms with Crippen molar-refractivity contribution in [2.45, 2.75) is 38.1 Å². The molecule has 15 rings (SSSR count). The number of hydrogen-bond acceptors (Lipinski definition) is 4. The van der Waals surface area contributed by atoms with Crippen LogP contribution in [0.25, 0.3) is 85.5 Å². The third kappa shape index (κ3) is 6.09. The number of rotatable bonds is 4. The van der Waals surface area contributed by atoms with Gasteiger partial charge in [-0.1, -0.05) is 152 Å². The van der Waals surface area contributed by atoms with Gasteiger partial charge in [-0.2, -0.15) is 0 Å². The van der Waals surface area contributed by atoms with Crippen molar-refractivity contribution < 1.29 is 0 Å². The smallest absolute Gasteiger partial charge is 0.0566 e. The highest BCUT2D eigenvalue weighted by atomic mass is 32.1. The molecule has 4 heteroatoms. The Bertz CT molecular complexity index is 4170. The Labute approximate surface area is 415 Å². The molecule has 0 bridgehead atoms. The Morgan fingerprint density at radius 3 is 1.39 bits per heavy atom. The molecular weight excluding hydrogens is 885 g/mol. The lowest BCUT2D eigenvalue weighted by Crippen LogP contribution is -2.40. The molecule has 3 aliphatic rings. The summed E-state index contributed by atoms with van der Waals surface area (Å²) in [5, 5.41) is 10.5. The average Bonchev–Trinajstić information content (AvgIpc) is 3.88. The number of para-hydroxylation sites is 4. The topological polar surface area (TPSA) is 6.48 Å². The van der Waals surface area contributed by atoms with Gasteiger partial charge in [-0.25, -0.2) is 0 Å². The fourth-order valence-electron chi connectivity index (χ4n) is 12.5. The standard InChI is InChI=1S/C66H46N2S2/c1-7-23-55-41(15-1)31-32-42-16-2-8-24-56(42)67(55)45-35-37-47-53(39-45)63(51-21-13-29-61-65(51)49-19-5-11-27-59(49)69-61)48-38-36-46(68-57-25-9-3-17-43(57)33-34-44-18-4-10-26-58(44)68)40-54(48)64(47)52-22-14-30-62-66(52)50-20-6-12-28-60(50)70-62/h1-30,35,37-40,46H,31-34,36H2. The quantitative estimate of drug-likeness (QED) is 0.174. The van der Waals surface area contributed by atoms with Crippen molar-refractivity contribution in [1.82, 2.24) is 0 Å². The zero-order valence-corrected chi connectivity index (χ0v) is 40.2. The minimum atomic E-state index is 0.0810. The van der Waals surface area contributed by atoms with E-state index in [4.69, 9.17) is 0 Å². The molecule has 2 aromatic heterocycles. The van der Waals surface area contributed by atoms with Gasteiger partial charge in [0, 0.05) is 68.8 Å². The summed E-state index contributed by atoms with van der Waals surface area (Å²) in [6, 6.07) is 76.0. The first-order valence-corrected chi connectivity index (χ1v) is 26.4. The molecule has 0 radical (unpaired) electrons. The largest absolute Gasteiger partial charge is 0.334 e. The molecule has 0 saturated carbocycles. The third-order valence-electron chi connectivity index (χ3n) is 15.5. The lowest BCUT2D eigenvalue weighted by Gasteiger charge is -2.35. The average molecular weight is 931 g/mol. The highest BCUT2D eigenvalue weighted by Gasteiger charge is 2.30. The summed E-state index contributed by atoms with van der Waals surface area (Å²) in [6.07, 6.45) is 10.2. The molecule has 10 aromatic carbocycles. The molecule has 332 valence electrons. The molecule has 1 unspecified atom stereocenters. The monoisotopic (exact) mass is 930 g/mol. The van der Waals surface area contributed by atoms with Crippen molar-refractivity contribution in [1.29, 1.82) is 0 Å². The molecule has 0 N–H and O–H groups in total. The molecule has 0 fully saturated rings. The van der Waals surface area contributed by atoms with Crippen molar-refractivity contribution in [2.75, 3.05) is 9.80 Å². The second-order valence-electron chi connectivity index (χ2n) is 19.3. The van der Waals surface area contributed by atoms with Crippen molar-refractivity contribution >= 4 is 114 Å². The molecule has 4 heterocycles. The first-order valence-electron chi connectivity index (χ1n) is 24.8. The van der Waals surface area contributed by atoms with E-state index in [0.717, 1.165) is 32.1 Å². The molecule has 1 atom stereocenters. The molecular formula is C66H46N2S2. The minimum absolute atomic E-state index is 0.0810. The van der Waals surface area contributed by atoms with Gasteiger partial charge in [0.2, 0.25) is 0 Å². The van der Waals surface area contributed by atoms with E-state index in [0.29, 0.717) is 0 Å². The number of fused-ring (bicyclic) bond motifs is 12. The predicted octanol–water partition coefficient (Wildman–Crippen LogP) is 16.7. The molecule has 2 aliphatic heterocycles. The van der Waals surface area contributed by atoms with Gasteiger partial charge in [0.1, 0.15) is 0 Å². The zero-order valence-electron chi connectivity index (χ0n) is 38.5. The van der Waals surface area contributed by atoms with Crippen LogP contribution < -0.4 is 20.2 Å². The summed E-state index contributed by atoms with van der Waals surface area (Å²) in [5.41, 5.74) is 17.1. The second-order valence-corrected chi connectivity index (χ2v) is 21.4. The first-order chi connectivity index (χ1) is 34.7. The van der Waals surface area contributed by atoms with Gasteiger partial charge in [-0.05, 0) is 158 Å². The van der Waals surface area contributed by atoms with Crippen LogP contribution in [0.3, 0.4) is 0 Å². The van der Waals surface area contributed by atoms with Crippen LogP contribution in [0.1, 0.15) is 28.7 Å². The Hall–Kier alpha value is -7.76. The van der Waals surface area contributed by atoms with Crippen LogP contribution in [-0.4, -0.2) is 6.04 Å². The molecule has 12 aromatic rings. The number of benzene rings is 10.